The topological polar surface area (TPSA) is 4.93 Å². The minimum Gasteiger partial charge on any atom is -0.342 e. The van der Waals surface area contributed by atoms with Crippen LogP contribution in [0.15, 0.2) is 17.6 Å². The second-order valence-corrected chi connectivity index (χ2v) is 3.69. The first kappa shape index (κ1) is 8.62. The Morgan fingerprint density at radius 3 is 2.69 bits per heavy atom. The summed E-state index contributed by atoms with van der Waals surface area (Å²) in [4.78, 5) is 0.660. The molecule has 0 aliphatic rings. The maximum absolute atomic E-state index is 12.4. The van der Waals surface area contributed by atoms with Crippen molar-refractivity contribution < 1.29 is 13.2 Å². The lowest BCUT2D eigenvalue weighted by Crippen LogP contribution is -2.03. The standard InChI is InChI=1S/C8H6F3NS/c1-12-4-6(8(9,10)11)5-2-3-13-7(5)12/h2-4H,1H3. The van der Waals surface area contributed by atoms with Crippen LogP contribution in [0, 0.1) is 0 Å². The second-order valence-electron chi connectivity index (χ2n) is 2.79. The summed E-state index contributed by atoms with van der Waals surface area (Å²) in [6.07, 6.45) is -3.12. The summed E-state index contributed by atoms with van der Waals surface area (Å²) >= 11 is 1.31. The molecule has 0 unspecified atom stereocenters. The van der Waals surface area contributed by atoms with E-state index >= 15 is 0 Å². The van der Waals surface area contributed by atoms with Crippen molar-refractivity contribution in [1.29, 1.82) is 0 Å². The van der Waals surface area contributed by atoms with E-state index < -0.39 is 11.7 Å². The molecule has 0 saturated carbocycles. The van der Waals surface area contributed by atoms with E-state index in [0.717, 1.165) is 6.20 Å². The van der Waals surface area contributed by atoms with E-state index in [-0.39, 0.29) is 0 Å². The Balaban J connectivity index is 2.76. The van der Waals surface area contributed by atoms with Crippen molar-refractivity contribution in [3.8, 4) is 0 Å². The van der Waals surface area contributed by atoms with E-state index in [2.05, 4.69) is 0 Å². The van der Waals surface area contributed by atoms with Crippen LogP contribution < -0.4 is 0 Å². The lowest BCUT2D eigenvalue weighted by Gasteiger charge is -2.02. The zero-order valence-electron chi connectivity index (χ0n) is 6.72. The molecule has 0 aliphatic carbocycles. The Morgan fingerprint density at radius 1 is 1.38 bits per heavy atom. The zero-order chi connectivity index (χ0) is 9.64. The highest BCUT2D eigenvalue weighted by atomic mass is 32.1. The van der Waals surface area contributed by atoms with E-state index in [1.165, 1.54) is 22.0 Å². The molecule has 0 aromatic carbocycles. The molecule has 1 nitrogen and oxygen atoms in total. The van der Waals surface area contributed by atoms with Crippen LogP contribution in [-0.4, -0.2) is 4.57 Å². The number of nitrogens with zero attached hydrogens (tertiary/aromatic N) is 1. The van der Waals surface area contributed by atoms with E-state index in [0.29, 0.717) is 10.2 Å². The van der Waals surface area contributed by atoms with Crippen molar-refractivity contribution in [2.24, 2.45) is 7.05 Å². The summed E-state index contributed by atoms with van der Waals surface area (Å²) in [5, 5.41) is 1.96. The van der Waals surface area contributed by atoms with Crippen LogP contribution in [0.4, 0.5) is 13.2 Å². The highest BCUT2D eigenvalue weighted by Crippen LogP contribution is 2.37. The molecule has 2 rings (SSSR count). The van der Waals surface area contributed by atoms with Crippen LogP contribution in [0.25, 0.3) is 10.2 Å². The Bertz CT molecular complexity index is 438. The largest absolute Gasteiger partial charge is 0.418 e. The van der Waals surface area contributed by atoms with Crippen molar-refractivity contribution >= 4 is 21.6 Å². The maximum atomic E-state index is 12.4. The van der Waals surface area contributed by atoms with Crippen LogP contribution in [0.5, 0.6) is 0 Å². The Morgan fingerprint density at radius 2 is 2.08 bits per heavy atom. The lowest BCUT2D eigenvalue weighted by atomic mass is 10.2. The van der Waals surface area contributed by atoms with Crippen molar-refractivity contribution in [3.05, 3.63) is 23.2 Å². The predicted octanol–water partition coefficient (Wildman–Crippen LogP) is 3.26. The minimum absolute atomic E-state index is 0.292. The molecule has 0 saturated heterocycles. The molecule has 0 amide bonds. The number of hydrogen-bond acceptors (Lipinski definition) is 1. The van der Waals surface area contributed by atoms with Crippen LogP contribution >= 0.6 is 11.3 Å². The first-order valence-corrected chi connectivity index (χ1v) is 4.48. The zero-order valence-corrected chi connectivity index (χ0v) is 7.54. The van der Waals surface area contributed by atoms with Crippen LogP contribution in [0.3, 0.4) is 0 Å². The van der Waals surface area contributed by atoms with Crippen LogP contribution in [0.2, 0.25) is 0 Å². The van der Waals surface area contributed by atoms with Crippen LogP contribution in [0.1, 0.15) is 5.56 Å². The van der Waals surface area contributed by atoms with E-state index in [4.69, 9.17) is 0 Å². The van der Waals surface area contributed by atoms with Gasteiger partial charge >= 0.3 is 6.18 Å². The molecule has 2 aromatic rings. The molecule has 0 atom stereocenters. The molecule has 70 valence electrons. The maximum Gasteiger partial charge on any atom is 0.418 e. The van der Waals surface area contributed by atoms with Gasteiger partial charge in [-0.2, -0.15) is 13.2 Å². The third kappa shape index (κ3) is 1.23. The number of aromatic nitrogens is 1. The number of rotatable bonds is 0. The van der Waals surface area contributed by atoms with Gasteiger partial charge in [0.1, 0.15) is 4.83 Å². The highest BCUT2D eigenvalue weighted by Gasteiger charge is 2.34. The number of thiophene rings is 1. The molecular formula is C8H6F3NS. The summed E-state index contributed by atoms with van der Waals surface area (Å²) in [7, 11) is 1.62. The molecule has 2 heterocycles. The molecule has 0 radical (unpaired) electrons. The molecule has 0 spiro atoms. The number of aryl methyl sites for hydroxylation is 1. The van der Waals surface area contributed by atoms with E-state index in [1.54, 1.807) is 12.4 Å². The minimum atomic E-state index is -4.25. The average Bonchev–Trinajstić information content (AvgIpc) is 2.51. The Hall–Kier alpha value is -0.970. The van der Waals surface area contributed by atoms with Gasteiger partial charge in [-0.1, -0.05) is 0 Å². The van der Waals surface area contributed by atoms with Gasteiger partial charge in [0.2, 0.25) is 0 Å². The van der Waals surface area contributed by atoms with Gasteiger partial charge < -0.3 is 4.57 Å². The smallest absolute Gasteiger partial charge is 0.342 e. The van der Waals surface area contributed by atoms with Gasteiger partial charge in [0.05, 0.1) is 5.56 Å². The van der Waals surface area contributed by atoms with Gasteiger partial charge in [-0.15, -0.1) is 11.3 Å². The monoisotopic (exact) mass is 205 g/mol. The van der Waals surface area contributed by atoms with Gasteiger partial charge in [0.15, 0.2) is 0 Å². The molecule has 0 aliphatic heterocycles. The molecule has 2 aromatic heterocycles. The third-order valence-electron chi connectivity index (χ3n) is 1.88. The molecule has 13 heavy (non-hydrogen) atoms. The Labute approximate surface area is 76.4 Å². The van der Waals surface area contributed by atoms with Crippen molar-refractivity contribution in [1.82, 2.24) is 4.57 Å². The first-order chi connectivity index (χ1) is 6.00. The summed E-state index contributed by atoms with van der Waals surface area (Å²) in [5.74, 6) is 0. The van der Waals surface area contributed by atoms with Crippen molar-refractivity contribution in [3.63, 3.8) is 0 Å². The fourth-order valence-electron chi connectivity index (χ4n) is 1.33. The average molecular weight is 205 g/mol. The number of halogens is 3. The summed E-state index contributed by atoms with van der Waals surface area (Å²) < 4.78 is 38.7. The van der Waals surface area contributed by atoms with Gasteiger partial charge in [-0.05, 0) is 11.4 Å². The molecule has 5 heteroatoms. The van der Waals surface area contributed by atoms with Crippen molar-refractivity contribution in [2.75, 3.05) is 0 Å². The van der Waals surface area contributed by atoms with Gasteiger partial charge in [0, 0.05) is 18.6 Å². The number of hydrogen-bond donors (Lipinski definition) is 0. The van der Waals surface area contributed by atoms with Gasteiger partial charge in [-0.25, -0.2) is 0 Å². The molecule has 0 fully saturated rings. The lowest BCUT2D eigenvalue weighted by molar-refractivity contribution is -0.136. The van der Waals surface area contributed by atoms with Crippen LogP contribution in [-0.2, 0) is 13.2 Å². The SMILES string of the molecule is Cn1cc(C(F)(F)F)c2ccsc21. The summed E-state index contributed by atoms with van der Waals surface area (Å²) in [6, 6.07) is 1.50. The van der Waals surface area contributed by atoms with Gasteiger partial charge in [0.25, 0.3) is 0 Å². The molecule has 0 bridgehead atoms. The highest BCUT2D eigenvalue weighted by molar-refractivity contribution is 7.16. The van der Waals surface area contributed by atoms with Crippen molar-refractivity contribution in [2.45, 2.75) is 6.18 Å². The predicted molar refractivity (Wildman–Crippen MR) is 45.8 cm³/mol. The fourth-order valence-corrected chi connectivity index (χ4v) is 2.18. The summed E-state index contributed by atoms with van der Waals surface area (Å²) in [5.41, 5.74) is -0.550. The molecule has 0 N–H and O–H groups in total. The summed E-state index contributed by atoms with van der Waals surface area (Å²) in [6.45, 7) is 0. The normalized spacial score (nSPS) is 12.6. The van der Waals surface area contributed by atoms with E-state index in [1.807, 2.05) is 0 Å². The molecular weight excluding hydrogens is 199 g/mol. The van der Waals surface area contributed by atoms with Gasteiger partial charge in [-0.3, -0.25) is 0 Å². The number of alkyl halides is 3. The fraction of sp³-hybridized carbons (Fsp3) is 0.250. The number of fused-ring (bicyclic) bond motifs is 1. The quantitative estimate of drug-likeness (QED) is 0.622. The third-order valence-corrected chi connectivity index (χ3v) is 2.89. The van der Waals surface area contributed by atoms with E-state index in [9.17, 15) is 13.2 Å². The first-order valence-electron chi connectivity index (χ1n) is 3.60. The Kier molecular flexibility index (Phi) is 1.66. The second kappa shape index (κ2) is 2.51.